The lowest BCUT2D eigenvalue weighted by atomic mass is 10.2. The van der Waals surface area contributed by atoms with Gasteiger partial charge in [-0.3, -0.25) is 4.99 Å². The first-order chi connectivity index (χ1) is 10.9. The minimum Gasteiger partial charge on any atom is -0.486 e. The summed E-state index contributed by atoms with van der Waals surface area (Å²) in [5, 5.41) is 0. The van der Waals surface area contributed by atoms with E-state index in [1.54, 1.807) is 0 Å². The molecule has 5 nitrogen and oxygen atoms in total. The maximum Gasteiger partial charge on any atom is 0.231 e. The van der Waals surface area contributed by atoms with Crippen molar-refractivity contribution in [2.45, 2.75) is 6.10 Å². The lowest BCUT2D eigenvalue weighted by Crippen LogP contribution is -2.31. The average Bonchev–Trinajstić information content (AvgIpc) is 3.02. The molecule has 1 atom stereocenters. The Morgan fingerprint density at radius 3 is 2.73 bits per heavy atom. The molecule has 0 spiro atoms. The third kappa shape index (κ3) is 2.57. The molecule has 0 radical (unpaired) electrons. The molecule has 0 saturated heterocycles. The molecule has 0 N–H and O–H groups in total. The van der Waals surface area contributed by atoms with E-state index in [9.17, 15) is 0 Å². The Balaban J connectivity index is 1.39. The van der Waals surface area contributed by atoms with E-state index in [2.05, 4.69) is 4.99 Å². The first-order valence-electron chi connectivity index (χ1n) is 7.16. The molecular weight excluding hydrogens is 282 g/mol. The number of hydrogen-bond donors (Lipinski definition) is 0. The van der Waals surface area contributed by atoms with Gasteiger partial charge < -0.3 is 18.9 Å². The minimum atomic E-state index is -0.0693. The fourth-order valence-corrected chi connectivity index (χ4v) is 2.42. The van der Waals surface area contributed by atoms with E-state index in [0.29, 0.717) is 13.2 Å². The summed E-state index contributed by atoms with van der Waals surface area (Å²) in [5.74, 6) is 3.10. The Morgan fingerprint density at radius 2 is 1.77 bits per heavy atom. The van der Waals surface area contributed by atoms with Crippen LogP contribution in [0.3, 0.4) is 0 Å². The Hall–Kier alpha value is -2.69. The van der Waals surface area contributed by atoms with Gasteiger partial charge in [0, 0.05) is 6.21 Å². The van der Waals surface area contributed by atoms with Crippen LogP contribution in [-0.4, -0.2) is 32.3 Å². The van der Waals surface area contributed by atoms with Gasteiger partial charge in [-0.05, 0) is 35.9 Å². The summed E-state index contributed by atoms with van der Waals surface area (Å²) in [6.07, 6.45) is 1.74. The van der Waals surface area contributed by atoms with Crippen molar-refractivity contribution in [2.75, 3.05) is 19.9 Å². The first kappa shape index (κ1) is 13.0. The van der Waals surface area contributed by atoms with E-state index in [-0.39, 0.29) is 12.9 Å². The summed E-state index contributed by atoms with van der Waals surface area (Å²) < 4.78 is 22.2. The van der Waals surface area contributed by atoms with Crippen LogP contribution in [0.2, 0.25) is 0 Å². The number of fused-ring (bicyclic) bond motifs is 2. The fraction of sp³-hybridized carbons (Fsp3) is 0.235. The quantitative estimate of drug-likeness (QED) is 0.817. The van der Waals surface area contributed by atoms with Crippen LogP contribution in [-0.2, 0) is 0 Å². The first-order valence-corrected chi connectivity index (χ1v) is 7.16. The Bertz CT molecular complexity index is 714. The zero-order chi connectivity index (χ0) is 14.8. The van der Waals surface area contributed by atoms with Crippen molar-refractivity contribution in [3.63, 3.8) is 0 Å². The summed E-state index contributed by atoms with van der Waals surface area (Å²) in [5.41, 5.74) is 0.973. The standard InChI is InChI=1S/C17H15NO4/c1-2-4-16-14(3-1)19-10-13(22-16)9-18-8-12-5-6-15-17(7-12)21-11-20-15/h1-8,13H,9-11H2/t13-/m1/s1. The Labute approximate surface area is 128 Å². The van der Waals surface area contributed by atoms with E-state index in [0.717, 1.165) is 28.6 Å². The molecule has 2 aromatic rings. The maximum absolute atomic E-state index is 5.86. The van der Waals surface area contributed by atoms with Crippen LogP contribution in [0.15, 0.2) is 47.5 Å². The fourth-order valence-electron chi connectivity index (χ4n) is 2.42. The molecule has 2 heterocycles. The van der Waals surface area contributed by atoms with Gasteiger partial charge in [-0.15, -0.1) is 0 Å². The zero-order valence-electron chi connectivity index (χ0n) is 11.9. The lowest BCUT2D eigenvalue weighted by molar-refractivity contribution is 0.0973. The van der Waals surface area contributed by atoms with Crippen molar-refractivity contribution >= 4 is 6.21 Å². The molecule has 0 saturated carbocycles. The van der Waals surface area contributed by atoms with Gasteiger partial charge in [0.25, 0.3) is 0 Å². The molecule has 0 unspecified atom stereocenters. The summed E-state index contributed by atoms with van der Waals surface area (Å²) in [6.45, 7) is 1.33. The summed E-state index contributed by atoms with van der Waals surface area (Å²) in [6, 6.07) is 13.4. The van der Waals surface area contributed by atoms with Crippen molar-refractivity contribution < 1.29 is 18.9 Å². The molecule has 4 rings (SSSR count). The number of ether oxygens (including phenoxy) is 4. The van der Waals surface area contributed by atoms with Gasteiger partial charge in [-0.1, -0.05) is 12.1 Å². The Morgan fingerprint density at radius 1 is 0.955 bits per heavy atom. The van der Waals surface area contributed by atoms with Gasteiger partial charge in [0.2, 0.25) is 6.79 Å². The van der Waals surface area contributed by atoms with Gasteiger partial charge in [-0.2, -0.15) is 0 Å². The van der Waals surface area contributed by atoms with Crippen LogP contribution in [0.1, 0.15) is 5.56 Å². The number of nitrogens with zero attached hydrogens (tertiary/aromatic N) is 1. The molecule has 22 heavy (non-hydrogen) atoms. The van der Waals surface area contributed by atoms with E-state index < -0.39 is 0 Å². The smallest absolute Gasteiger partial charge is 0.231 e. The van der Waals surface area contributed by atoms with E-state index in [4.69, 9.17) is 18.9 Å². The topological polar surface area (TPSA) is 49.3 Å². The highest BCUT2D eigenvalue weighted by atomic mass is 16.7. The Kier molecular flexibility index (Phi) is 3.31. The molecule has 0 aliphatic carbocycles. The molecule has 0 fully saturated rings. The third-order valence-corrected chi connectivity index (χ3v) is 3.51. The number of hydrogen-bond acceptors (Lipinski definition) is 5. The lowest BCUT2D eigenvalue weighted by Gasteiger charge is -2.25. The second-order valence-corrected chi connectivity index (χ2v) is 5.10. The second kappa shape index (κ2) is 5.60. The van der Waals surface area contributed by atoms with Crippen molar-refractivity contribution in [3.05, 3.63) is 48.0 Å². The third-order valence-electron chi connectivity index (χ3n) is 3.51. The van der Waals surface area contributed by atoms with Gasteiger partial charge in [0.1, 0.15) is 6.61 Å². The number of rotatable bonds is 3. The molecule has 0 bridgehead atoms. The predicted octanol–water partition coefficient (Wildman–Crippen LogP) is 2.67. The van der Waals surface area contributed by atoms with E-state index in [1.165, 1.54) is 0 Å². The van der Waals surface area contributed by atoms with Gasteiger partial charge in [0.15, 0.2) is 29.1 Å². The molecule has 0 aromatic heterocycles. The molecule has 5 heteroatoms. The molecular formula is C17H15NO4. The summed E-state index contributed by atoms with van der Waals surface area (Å²) in [4.78, 5) is 4.44. The van der Waals surface area contributed by atoms with Gasteiger partial charge in [0.05, 0.1) is 6.54 Å². The van der Waals surface area contributed by atoms with Crippen LogP contribution in [0, 0.1) is 0 Å². The molecule has 2 aliphatic rings. The highest BCUT2D eigenvalue weighted by Gasteiger charge is 2.19. The van der Waals surface area contributed by atoms with E-state index in [1.807, 2.05) is 48.7 Å². The highest BCUT2D eigenvalue weighted by Crippen LogP contribution is 2.32. The van der Waals surface area contributed by atoms with Gasteiger partial charge in [-0.25, -0.2) is 0 Å². The van der Waals surface area contributed by atoms with Crippen LogP contribution in [0.25, 0.3) is 0 Å². The SMILES string of the molecule is C(=NC[C@@H]1COc2ccccc2O1)c1ccc2c(c1)OCO2. The van der Waals surface area contributed by atoms with Crippen LogP contribution in [0.5, 0.6) is 23.0 Å². The van der Waals surface area contributed by atoms with Crippen molar-refractivity contribution in [3.8, 4) is 23.0 Å². The van der Waals surface area contributed by atoms with Crippen molar-refractivity contribution in [1.82, 2.24) is 0 Å². The molecule has 2 aromatic carbocycles. The van der Waals surface area contributed by atoms with Crippen molar-refractivity contribution in [1.29, 1.82) is 0 Å². The maximum atomic E-state index is 5.86. The van der Waals surface area contributed by atoms with Crippen LogP contribution < -0.4 is 18.9 Å². The van der Waals surface area contributed by atoms with E-state index >= 15 is 0 Å². The normalized spacial score (nSPS) is 18.6. The van der Waals surface area contributed by atoms with Crippen LogP contribution in [0.4, 0.5) is 0 Å². The van der Waals surface area contributed by atoms with Gasteiger partial charge >= 0.3 is 0 Å². The summed E-state index contributed by atoms with van der Waals surface area (Å²) in [7, 11) is 0. The van der Waals surface area contributed by atoms with Crippen LogP contribution >= 0.6 is 0 Å². The average molecular weight is 297 g/mol. The summed E-state index contributed by atoms with van der Waals surface area (Å²) >= 11 is 0. The largest absolute Gasteiger partial charge is 0.486 e. The molecule has 0 amide bonds. The molecule has 2 aliphatic heterocycles. The zero-order valence-corrected chi connectivity index (χ0v) is 11.9. The second-order valence-electron chi connectivity index (χ2n) is 5.10. The minimum absolute atomic E-state index is 0.0693. The predicted molar refractivity (Wildman–Crippen MR) is 81.4 cm³/mol. The van der Waals surface area contributed by atoms with Crippen molar-refractivity contribution in [2.24, 2.45) is 4.99 Å². The number of aliphatic imine (C=N–C) groups is 1. The highest BCUT2D eigenvalue weighted by molar-refractivity contribution is 5.81. The number of benzene rings is 2. The monoisotopic (exact) mass is 297 g/mol. The number of para-hydroxylation sites is 2. The molecule has 112 valence electrons.